The molecule has 1 aromatic rings. The monoisotopic (exact) mass is 236 g/mol. The Labute approximate surface area is 102 Å². The molecule has 0 aliphatic heterocycles. The maximum atomic E-state index is 11.7. The quantitative estimate of drug-likeness (QED) is 0.841. The molecule has 1 heterocycles. The summed E-state index contributed by atoms with van der Waals surface area (Å²) in [5.74, 6) is 1.13. The van der Waals surface area contributed by atoms with Crippen LogP contribution in [-0.2, 0) is 4.79 Å². The molecule has 0 saturated heterocycles. The normalized spacial score (nSPS) is 11.1. The standard InChI is InChI=1S/C12H20N4O/c1-5-8-13-9-6-7-10(16-15-9)14-11(17)12(2,3)4/h6-7H,5,8H2,1-4H3,(H,13,15)(H,14,16,17). The highest BCUT2D eigenvalue weighted by Crippen LogP contribution is 2.16. The van der Waals surface area contributed by atoms with E-state index in [2.05, 4.69) is 27.8 Å². The predicted molar refractivity (Wildman–Crippen MR) is 68.9 cm³/mol. The van der Waals surface area contributed by atoms with Crippen molar-refractivity contribution in [1.29, 1.82) is 0 Å². The molecule has 0 spiro atoms. The van der Waals surface area contributed by atoms with Gasteiger partial charge < -0.3 is 10.6 Å². The van der Waals surface area contributed by atoms with Crippen LogP contribution in [0.2, 0.25) is 0 Å². The summed E-state index contributed by atoms with van der Waals surface area (Å²) in [7, 11) is 0. The van der Waals surface area contributed by atoms with Gasteiger partial charge >= 0.3 is 0 Å². The number of hydrogen-bond donors (Lipinski definition) is 2. The smallest absolute Gasteiger partial charge is 0.230 e. The second-order valence-corrected chi connectivity index (χ2v) is 4.93. The Hall–Kier alpha value is -1.65. The first kappa shape index (κ1) is 13.4. The van der Waals surface area contributed by atoms with Crippen molar-refractivity contribution >= 4 is 17.5 Å². The zero-order valence-corrected chi connectivity index (χ0v) is 10.9. The van der Waals surface area contributed by atoms with E-state index in [9.17, 15) is 4.79 Å². The van der Waals surface area contributed by atoms with Crippen molar-refractivity contribution in [3.8, 4) is 0 Å². The molecule has 5 nitrogen and oxygen atoms in total. The molecule has 1 rings (SSSR count). The first-order chi connectivity index (χ1) is 7.93. The van der Waals surface area contributed by atoms with Crippen molar-refractivity contribution < 1.29 is 4.79 Å². The number of aromatic nitrogens is 2. The van der Waals surface area contributed by atoms with E-state index in [1.807, 2.05) is 20.8 Å². The molecule has 0 saturated carbocycles. The molecule has 94 valence electrons. The summed E-state index contributed by atoms with van der Waals surface area (Å²) < 4.78 is 0. The van der Waals surface area contributed by atoms with E-state index in [1.54, 1.807) is 12.1 Å². The fourth-order valence-corrected chi connectivity index (χ4v) is 1.05. The lowest BCUT2D eigenvalue weighted by atomic mass is 9.96. The van der Waals surface area contributed by atoms with Crippen LogP contribution >= 0.6 is 0 Å². The summed E-state index contributed by atoms with van der Waals surface area (Å²) in [5, 5.41) is 13.8. The topological polar surface area (TPSA) is 66.9 Å². The summed E-state index contributed by atoms with van der Waals surface area (Å²) in [5.41, 5.74) is -0.430. The van der Waals surface area contributed by atoms with Gasteiger partial charge in [-0.2, -0.15) is 0 Å². The van der Waals surface area contributed by atoms with Gasteiger partial charge in [0.05, 0.1) is 0 Å². The Morgan fingerprint density at radius 2 is 1.82 bits per heavy atom. The number of carbonyl (C=O) groups is 1. The Kier molecular flexibility index (Phi) is 4.43. The van der Waals surface area contributed by atoms with Gasteiger partial charge in [-0.1, -0.05) is 27.7 Å². The Balaban J connectivity index is 2.59. The summed E-state index contributed by atoms with van der Waals surface area (Å²) in [6.07, 6.45) is 1.03. The minimum atomic E-state index is -0.430. The highest BCUT2D eigenvalue weighted by molar-refractivity contribution is 5.93. The van der Waals surface area contributed by atoms with E-state index >= 15 is 0 Å². The maximum Gasteiger partial charge on any atom is 0.230 e. The van der Waals surface area contributed by atoms with Crippen molar-refractivity contribution in [2.45, 2.75) is 34.1 Å². The van der Waals surface area contributed by atoms with E-state index in [0.29, 0.717) is 5.82 Å². The molecule has 0 bridgehead atoms. The van der Waals surface area contributed by atoms with Gasteiger partial charge in [-0.25, -0.2) is 0 Å². The van der Waals surface area contributed by atoms with E-state index in [4.69, 9.17) is 0 Å². The van der Waals surface area contributed by atoms with Gasteiger partial charge in [-0.3, -0.25) is 4.79 Å². The van der Waals surface area contributed by atoms with Crippen LogP contribution in [-0.4, -0.2) is 22.6 Å². The number of amides is 1. The second kappa shape index (κ2) is 5.61. The highest BCUT2D eigenvalue weighted by atomic mass is 16.2. The Bertz CT molecular complexity index is 367. The number of carbonyl (C=O) groups excluding carboxylic acids is 1. The first-order valence-corrected chi connectivity index (χ1v) is 5.82. The van der Waals surface area contributed by atoms with Gasteiger partial charge in [0.25, 0.3) is 0 Å². The predicted octanol–water partition coefficient (Wildman–Crippen LogP) is 2.28. The molecule has 0 fully saturated rings. The highest BCUT2D eigenvalue weighted by Gasteiger charge is 2.21. The molecule has 0 aliphatic rings. The maximum absolute atomic E-state index is 11.7. The van der Waals surface area contributed by atoms with Crippen molar-refractivity contribution in [3.05, 3.63) is 12.1 Å². The van der Waals surface area contributed by atoms with Crippen molar-refractivity contribution in [3.63, 3.8) is 0 Å². The zero-order valence-electron chi connectivity index (χ0n) is 10.9. The largest absolute Gasteiger partial charge is 0.369 e. The third-order valence-electron chi connectivity index (χ3n) is 2.14. The fraction of sp³-hybridized carbons (Fsp3) is 0.583. The van der Waals surface area contributed by atoms with Crippen molar-refractivity contribution in [2.24, 2.45) is 5.41 Å². The van der Waals surface area contributed by atoms with Crippen LogP contribution in [0.15, 0.2) is 12.1 Å². The first-order valence-electron chi connectivity index (χ1n) is 5.82. The molecule has 0 radical (unpaired) electrons. The van der Waals surface area contributed by atoms with Gasteiger partial charge in [-0.15, -0.1) is 10.2 Å². The number of nitrogens with one attached hydrogen (secondary N) is 2. The SMILES string of the molecule is CCCNc1ccc(NC(=O)C(C)(C)C)nn1. The Morgan fingerprint density at radius 1 is 1.24 bits per heavy atom. The molecule has 0 atom stereocenters. The average molecular weight is 236 g/mol. The molecule has 1 aromatic heterocycles. The average Bonchev–Trinajstić information content (AvgIpc) is 2.27. The number of anilines is 2. The summed E-state index contributed by atoms with van der Waals surface area (Å²) >= 11 is 0. The van der Waals surface area contributed by atoms with E-state index < -0.39 is 5.41 Å². The molecule has 1 amide bonds. The lowest BCUT2D eigenvalue weighted by Crippen LogP contribution is -2.28. The summed E-state index contributed by atoms with van der Waals surface area (Å²) in [6.45, 7) is 8.51. The number of nitrogens with zero attached hydrogens (tertiary/aromatic N) is 2. The molecule has 5 heteroatoms. The van der Waals surface area contributed by atoms with Crippen molar-refractivity contribution in [1.82, 2.24) is 10.2 Å². The Morgan fingerprint density at radius 3 is 2.29 bits per heavy atom. The van der Waals surface area contributed by atoms with Gasteiger partial charge in [0.15, 0.2) is 5.82 Å². The van der Waals surface area contributed by atoms with E-state index in [-0.39, 0.29) is 5.91 Å². The van der Waals surface area contributed by atoms with Crippen LogP contribution in [0, 0.1) is 5.41 Å². The second-order valence-electron chi connectivity index (χ2n) is 4.93. The zero-order chi connectivity index (χ0) is 12.9. The molecule has 0 aliphatic carbocycles. The third-order valence-corrected chi connectivity index (χ3v) is 2.14. The lowest BCUT2D eigenvalue weighted by molar-refractivity contribution is -0.123. The molecule has 2 N–H and O–H groups in total. The van der Waals surface area contributed by atoms with E-state index in [1.165, 1.54) is 0 Å². The number of hydrogen-bond acceptors (Lipinski definition) is 4. The molecular weight excluding hydrogens is 216 g/mol. The van der Waals surface area contributed by atoms with Crippen LogP contribution in [0.4, 0.5) is 11.6 Å². The van der Waals surface area contributed by atoms with Gasteiger partial charge in [0.2, 0.25) is 5.91 Å². The molecular formula is C12H20N4O. The molecule has 0 unspecified atom stereocenters. The van der Waals surface area contributed by atoms with Gasteiger partial charge in [0.1, 0.15) is 5.82 Å². The minimum absolute atomic E-state index is 0.0685. The third kappa shape index (κ3) is 4.38. The summed E-state index contributed by atoms with van der Waals surface area (Å²) in [4.78, 5) is 11.7. The number of rotatable bonds is 4. The van der Waals surface area contributed by atoms with E-state index in [0.717, 1.165) is 18.8 Å². The lowest BCUT2D eigenvalue weighted by Gasteiger charge is -2.16. The van der Waals surface area contributed by atoms with Gasteiger partial charge in [0, 0.05) is 12.0 Å². The summed E-state index contributed by atoms with van der Waals surface area (Å²) in [6, 6.07) is 3.55. The van der Waals surface area contributed by atoms with Crippen LogP contribution < -0.4 is 10.6 Å². The van der Waals surface area contributed by atoms with Crippen LogP contribution in [0.25, 0.3) is 0 Å². The minimum Gasteiger partial charge on any atom is -0.369 e. The molecule has 17 heavy (non-hydrogen) atoms. The van der Waals surface area contributed by atoms with Gasteiger partial charge in [-0.05, 0) is 18.6 Å². The molecule has 0 aromatic carbocycles. The van der Waals surface area contributed by atoms with Crippen LogP contribution in [0.5, 0.6) is 0 Å². The fourth-order valence-electron chi connectivity index (χ4n) is 1.05. The van der Waals surface area contributed by atoms with Crippen LogP contribution in [0.3, 0.4) is 0 Å². The van der Waals surface area contributed by atoms with Crippen LogP contribution in [0.1, 0.15) is 34.1 Å². The van der Waals surface area contributed by atoms with Crippen molar-refractivity contribution in [2.75, 3.05) is 17.2 Å².